The lowest BCUT2D eigenvalue weighted by Gasteiger charge is -2.27. The number of carbonyl (C=O) groups is 1. The number of para-hydroxylation sites is 1. The second-order valence-corrected chi connectivity index (χ2v) is 4.52. The van der Waals surface area contributed by atoms with Crippen LogP contribution in [0.2, 0.25) is 0 Å². The molecule has 1 aromatic heterocycles. The van der Waals surface area contributed by atoms with Gasteiger partial charge in [-0.3, -0.25) is 9.78 Å². The van der Waals surface area contributed by atoms with E-state index in [4.69, 9.17) is 0 Å². The van der Waals surface area contributed by atoms with E-state index in [-0.39, 0.29) is 0 Å². The van der Waals surface area contributed by atoms with E-state index in [1.165, 1.54) is 11.4 Å². The van der Waals surface area contributed by atoms with Crippen molar-refractivity contribution in [3.8, 4) is 0 Å². The van der Waals surface area contributed by atoms with Gasteiger partial charge in [0.25, 0.3) is 0 Å². The largest absolute Gasteiger partial charge is 0.460 e. The van der Waals surface area contributed by atoms with Crippen LogP contribution in [0, 0.1) is 0 Å². The highest BCUT2D eigenvalue weighted by Gasteiger charge is 2.76. The average Bonchev–Trinajstić information content (AvgIpc) is 2.45. The van der Waals surface area contributed by atoms with Crippen molar-refractivity contribution in [1.82, 2.24) is 4.98 Å². The Morgan fingerprint density at radius 3 is 2.22 bits per heavy atom. The lowest BCUT2D eigenvalue weighted by atomic mass is 10.1. The Morgan fingerprint density at radius 2 is 1.61 bits per heavy atom. The Bertz CT molecular complexity index is 742. The highest BCUT2D eigenvalue weighted by molar-refractivity contribution is 5.98. The molecule has 0 spiro atoms. The number of fused-ring (bicyclic) bond motifs is 1. The minimum atomic E-state index is -6.57. The topological polar surface area (TPSA) is 42.0 Å². The molecule has 0 aliphatic heterocycles. The maximum absolute atomic E-state index is 13.2. The summed E-state index contributed by atoms with van der Waals surface area (Å²) in [5.74, 6) is -15.3. The molecule has 124 valence electrons. The number of amides is 1. The first-order chi connectivity index (χ1) is 10.5. The molecular formula is C13H7F7N2O. The first-order valence-electron chi connectivity index (χ1n) is 5.95. The predicted molar refractivity (Wildman–Crippen MR) is 66.3 cm³/mol. The summed E-state index contributed by atoms with van der Waals surface area (Å²) in [6, 6.07) is 7.32. The molecule has 3 nitrogen and oxygen atoms in total. The van der Waals surface area contributed by atoms with Crippen molar-refractivity contribution >= 4 is 22.5 Å². The number of aromatic nitrogens is 1. The fourth-order valence-electron chi connectivity index (χ4n) is 1.67. The molecule has 1 amide bonds. The van der Waals surface area contributed by atoms with Gasteiger partial charge >= 0.3 is 23.9 Å². The van der Waals surface area contributed by atoms with Crippen LogP contribution in [0.5, 0.6) is 0 Å². The fourth-order valence-corrected chi connectivity index (χ4v) is 1.67. The van der Waals surface area contributed by atoms with E-state index >= 15 is 0 Å². The van der Waals surface area contributed by atoms with Crippen LogP contribution in [0.4, 0.5) is 36.4 Å². The summed E-state index contributed by atoms with van der Waals surface area (Å²) in [7, 11) is 0. The SMILES string of the molecule is O=C(Nc1cnc2ccccc2c1)C(F)(F)C(F)(F)C(F)(F)F. The van der Waals surface area contributed by atoms with Gasteiger partial charge in [0.2, 0.25) is 0 Å². The maximum Gasteiger partial charge on any atom is 0.460 e. The van der Waals surface area contributed by atoms with E-state index in [0.717, 1.165) is 12.3 Å². The number of pyridine rings is 1. The smallest absolute Gasteiger partial charge is 0.319 e. The quantitative estimate of drug-likeness (QED) is 0.858. The van der Waals surface area contributed by atoms with Gasteiger partial charge in [0.15, 0.2) is 0 Å². The Labute approximate surface area is 124 Å². The van der Waals surface area contributed by atoms with Crippen LogP contribution >= 0.6 is 0 Å². The van der Waals surface area contributed by atoms with Crippen molar-refractivity contribution in [2.24, 2.45) is 0 Å². The first kappa shape index (κ1) is 17.0. The molecular weight excluding hydrogens is 333 g/mol. The summed E-state index contributed by atoms with van der Waals surface area (Å²) in [6.45, 7) is 0. The number of rotatable bonds is 3. The van der Waals surface area contributed by atoms with Crippen molar-refractivity contribution < 1.29 is 35.5 Å². The van der Waals surface area contributed by atoms with E-state index in [9.17, 15) is 35.5 Å². The third kappa shape index (κ3) is 2.92. The van der Waals surface area contributed by atoms with E-state index in [1.807, 2.05) is 0 Å². The number of carbonyl (C=O) groups excluding carboxylic acids is 1. The van der Waals surface area contributed by atoms with E-state index in [1.54, 1.807) is 18.2 Å². The van der Waals surface area contributed by atoms with Crippen LogP contribution in [0.1, 0.15) is 0 Å². The molecule has 0 unspecified atom stereocenters. The third-order valence-electron chi connectivity index (χ3n) is 2.88. The highest BCUT2D eigenvalue weighted by atomic mass is 19.4. The minimum Gasteiger partial charge on any atom is -0.319 e. The molecule has 0 radical (unpaired) electrons. The van der Waals surface area contributed by atoms with Gasteiger partial charge < -0.3 is 5.32 Å². The van der Waals surface area contributed by atoms with Crippen molar-refractivity contribution in [3.63, 3.8) is 0 Å². The molecule has 1 aromatic carbocycles. The molecule has 0 saturated carbocycles. The molecule has 0 saturated heterocycles. The molecule has 2 aromatic rings. The second kappa shape index (κ2) is 5.36. The Hall–Kier alpha value is -2.39. The number of nitrogens with zero attached hydrogens (tertiary/aromatic N) is 1. The van der Waals surface area contributed by atoms with Gasteiger partial charge in [-0.15, -0.1) is 0 Å². The molecule has 0 bridgehead atoms. The summed E-state index contributed by atoms with van der Waals surface area (Å²) in [6.07, 6.45) is -5.71. The summed E-state index contributed by atoms with van der Waals surface area (Å²) in [5, 5.41) is 1.69. The number of hydrogen-bond donors (Lipinski definition) is 1. The van der Waals surface area contributed by atoms with Gasteiger partial charge in [-0.1, -0.05) is 18.2 Å². The standard InChI is InChI=1S/C13H7F7N2O/c14-11(15,12(16,17)13(18,19)20)10(23)22-8-5-7-3-1-2-4-9(7)21-6-8/h1-6H,(H,22,23). The molecule has 0 aliphatic carbocycles. The maximum atomic E-state index is 13.2. The summed E-state index contributed by atoms with van der Waals surface area (Å²) in [5.41, 5.74) is -0.0239. The van der Waals surface area contributed by atoms with E-state index in [2.05, 4.69) is 4.98 Å². The summed E-state index contributed by atoms with van der Waals surface area (Å²) in [4.78, 5) is 15.0. The van der Waals surface area contributed by atoms with Crippen LogP contribution in [0.3, 0.4) is 0 Å². The fraction of sp³-hybridized carbons (Fsp3) is 0.231. The normalized spacial score (nSPS) is 13.2. The van der Waals surface area contributed by atoms with Crippen molar-refractivity contribution in [2.45, 2.75) is 18.0 Å². The molecule has 23 heavy (non-hydrogen) atoms. The van der Waals surface area contributed by atoms with E-state index in [0.29, 0.717) is 10.9 Å². The highest BCUT2D eigenvalue weighted by Crippen LogP contribution is 2.46. The minimum absolute atomic E-state index is 0.371. The van der Waals surface area contributed by atoms with Crippen molar-refractivity contribution in [1.29, 1.82) is 0 Å². The number of anilines is 1. The molecule has 10 heteroatoms. The lowest BCUT2D eigenvalue weighted by Crippen LogP contribution is -2.57. The Kier molecular flexibility index (Phi) is 3.95. The second-order valence-electron chi connectivity index (χ2n) is 4.52. The van der Waals surface area contributed by atoms with Gasteiger partial charge in [-0.05, 0) is 12.1 Å². The number of alkyl halides is 7. The van der Waals surface area contributed by atoms with Gasteiger partial charge in [0, 0.05) is 5.39 Å². The van der Waals surface area contributed by atoms with Crippen LogP contribution in [-0.4, -0.2) is 28.9 Å². The first-order valence-corrected chi connectivity index (χ1v) is 5.95. The van der Waals surface area contributed by atoms with Crippen LogP contribution in [0.25, 0.3) is 10.9 Å². The van der Waals surface area contributed by atoms with Crippen LogP contribution in [-0.2, 0) is 4.79 Å². The van der Waals surface area contributed by atoms with Gasteiger partial charge in [-0.25, -0.2) is 0 Å². The molecule has 1 N–H and O–H groups in total. The van der Waals surface area contributed by atoms with Crippen molar-refractivity contribution in [3.05, 3.63) is 36.5 Å². The summed E-state index contributed by atoms with van der Waals surface area (Å²) >= 11 is 0. The molecule has 0 fully saturated rings. The zero-order chi connectivity index (χ0) is 17.5. The molecule has 1 heterocycles. The zero-order valence-corrected chi connectivity index (χ0v) is 11.0. The zero-order valence-electron chi connectivity index (χ0n) is 11.0. The number of halogens is 7. The molecule has 2 rings (SSSR count). The Morgan fingerprint density at radius 1 is 1.00 bits per heavy atom. The Balaban J connectivity index is 2.29. The van der Waals surface area contributed by atoms with E-state index < -0.39 is 29.6 Å². The summed E-state index contributed by atoms with van der Waals surface area (Å²) < 4.78 is 87.9. The van der Waals surface area contributed by atoms with Gasteiger partial charge in [0.05, 0.1) is 17.4 Å². The predicted octanol–water partition coefficient (Wildman–Crippen LogP) is 4.01. The van der Waals surface area contributed by atoms with Gasteiger partial charge in [-0.2, -0.15) is 30.7 Å². The lowest BCUT2D eigenvalue weighted by molar-refractivity contribution is -0.343. The number of benzene rings is 1. The molecule has 0 aliphatic rings. The van der Waals surface area contributed by atoms with Crippen molar-refractivity contribution in [2.75, 3.05) is 5.32 Å². The van der Waals surface area contributed by atoms with Gasteiger partial charge in [0.1, 0.15) is 0 Å². The third-order valence-corrected chi connectivity index (χ3v) is 2.88. The van der Waals surface area contributed by atoms with Crippen LogP contribution in [0.15, 0.2) is 36.5 Å². The average molecular weight is 340 g/mol. The monoisotopic (exact) mass is 340 g/mol. The number of nitrogens with one attached hydrogen (secondary N) is 1. The van der Waals surface area contributed by atoms with Crippen LogP contribution < -0.4 is 5.32 Å². The molecule has 0 atom stereocenters. The number of hydrogen-bond acceptors (Lipinski definition) is 2.